The molecule has 4 rings (SSSR count). The van der Waals surface area contributed by atoms with E-state index in [1.807, 2.05) is 11.1 Å². The van der Waals surface area contributed by atoms with Gasteiger partial charge in [0.25, 0.3) is 5.91 Å². The summed E-state index contributed by atoms with van der Waals surface area (Å²) in [4.78, 5) is 26.9. The van der Waals surface area contributed by atoms with Gasteiger partial charge >= 0.3 is 0 Å². The summed E-state index contributed by atoms with van der Waals surface area (Å²) in [5.41, 5.74) is 3.15. The number of thiocarbonyl (C=S) groups is 1. The molecule has 0 bridgehead atoms. The van der Waals surface area contributed by atoms with Crippen LogP contribution in [0.3, 0.4) is 0 Å². The third-order valence-electron chi connectivity index (χ3n) is 5.53. The lowest BCUT2D eigenvalue weighted by atomic mass is 10.2. The zero-order valence-electron chi connectivity index (χ0n) is 18.5. The minimum Gasteiger partial charge on any atom is -0.368 e. The third kappa shape index (κ3) is 5.85. The first kappa shape index (κ1) is 23.5. The summed E-state index contributed by atoms with van der Waals surface area (Å²) in [6, 6.07) is 12.0. The summed E-state index contributed by atoms with van der Waals surface area (Å²) < 4.78 is 0.642. The molecular weight excluding hydrogens is 476 g/mol. The zero-order valence-corrected chi connectivity index (χ0v) is 20.8. The zero-order chi connectivity index (χ0) is 23.2. The number of halogens is 1. The third-order valence-corrected chi connectivity index (χ3v) is 7.12. The maximum absolute atomic E-state index is 12.7. The summed E-state index contributed by atoms with van der Waals surface area (Å²) in [5.74, 6) is 0.0597. The Labute approximate surface area is 208 Å². The second-order valence-corrected chi connectivity index (χ2v) is 9.90. The Morgan fingerprint density at radius 2 is 1.97 bits per heavy atom. The second kappa shape index (κ2) is 11.0. The minimum atomic E-state index is 0.0597. The molecule has 0 atom stereocenters. The van der Waals surface area contributed by atoms with Crippen molar-refractivity contribution in [2.45, 2.75) is 19.9 Å². The van der Waals surface area contributed by atoms with Crippen LogP contribution in [0.15, 0.2) is 48.9 Å². The van der Waals surface area contributed by atoms with Gasteiger partial charge in [0.15, 0.2) is 5.11 Å². The first-order valence-corrected chi connectivity index (χ1v) is 12.6. The second-order valence-electron chi connectivity index (χ2n) is 7.79. The van der Waals surface area contributed by atoms with Crippen LogP contribution in [0.5, 0.6) is 0 Å². The van der Waals surface area contributed by atoms with E-state index < -0.39 is 0 Å². The van der Waals surface area contributed by atoms with Gasteiger partial charge in [-0.1, -0.05) is 18.5 Å². The number of hydrogen-bond donors (Lipinski definition) is 2. The number of piperazine rings is 1. The Balaban J connectivity index is 1.40. The number of aromatic nitrogens is 2. The van der Waals surface area contributed by atoms with Crippen LogP contribution in [-0.4, -0.2) is 58.6 Å². The highest BCUT2D eigenvalue weighted by atomic mass is 35.5. The number of carbonyl (C=O) groups is 1. The minimum absolute atomic E-state index is 0.0597. The van der Waals surface area contributed by atoms with E-state index in [2.05, 4.69) is 56.3 Å². The highest BCUT2D eigenvalue weighted by molar-refractivity contribution is 7.80. The monoisotopic (exact) mass is 502 g/mol. The Bertz CT molecular complexity index is 1060. The molecule has 7 nitrogen and oxygen atoms in total. The fourth-order valence-corrected chi connectivity index (χ4v) is 5.03. The number of rotatable bonds is 7. The molecule has 1 amide bonds. The number of anilines is 2. The van der Waals surface area contributed by atoms with Crippen molar-refractivity contribution in [3.05, 3.63) is 63.8 Å². The fourth-order valence-electron chi connectivity index (χ4n) is 3.75. The lowest BCUT2D eigenvalue weighted by Gasteiger charge is -2.36. The quantitative estimate of drug-likeness (QED) is 0.467. The van der Waals surface area contributed by atoms with Gasteiger partial charge in [-0.3, -0.25) is 4.79 Å². The number of thiophene rings is 1. The molecule has 10 heteroatoms. The van der Waals surface area contributed by atoms with Gasteiger partial charge in [-0.15, -0.1) is 11.3 Å². The van der Waals surface area contributed by atoms with E-state index in [1.165, 1.54) is 11.3 Å². The standard InChI is InChI=1S/C23H27ClN6OS2/c1-2-9-26-23(32)30(15-17-14-25-16-27-17)19-5-3-18(4-6-19)28-10-12-29(13-11-28)22(31)20-7-8-21(24)33-20/h3-8,14,16H,2,9-13,15H2,1H3,(H,25,27)(H,26,32). The van der Waals surface area contributed by atoms with Crippen LogP contribution in [-0.2, 0) is 6.54 Å². The number of H-pyrrole nitrogens is 1. The molecule has 3 heterocycles. The van der Waals surface area contributed by atoms with Crippen molar-refractivity contribution in [2.75, 3.05) is 42.5 Å². The molecule has 0 unspecified atom stereocenters. The first-order chi connectivity index (χ1) is 16.0. The molecule has 0 saturated carbocycles. The van der Waals surface area contributed by atoms with Gasteiger partial charge in [0.05, 0.1) is 27.8 Å². The van der Waals surface area contributed by atoms with Crippen LogP contribution in [0.1, 0.15) is 28.7 Å². The van der Waals surface area contributed by atoms with E-state index in [9.17, 15) is 4.79 Å². The van der Waals surface area contributed by atoms with Crippen LogP contribution >= 0.6 is 35.2 Å². The van der Waals surface area contributed by atoms with Gasteiger partial charge in [-0.2, -0.15) is 0 Å². The van der Waals surface area contributed by atoms with Crippen molar-refractivity contribution >= 4 is 57.5 Å². The Kier molecular flexibility index (Phi) is 7.85. The van der Waals surface area contributed by atoms with Crippen molar-refractivity contribution in [3.63, 3.8) is 0 Å². The predicted octanol–water partition coefficient (Wildman–Crippen LogP) is 4.38. The van der Waals surface area contributed by atoms with Gasteiger partial charge in [0, 0.05) is 50.3 Å². The van der Waals surface area contributed by atoms with Gasteiger partial charge in [-0.05, 0) is 55.0 Å². The van der Waals surface area contributed by atoms with E-state index in [1.54, 1.807) is 18.5 Å². The fraction of sp³-hybridized carbons (Fsp3) is 0.348. The summed E-state index contributed by atoms with van der Waals surface area (Å²) in [6.07, 6.45) is 4.50. The predicted molar refractivity (Wildman–Crippen MR) is 140 cm³/mol. The Morgan fingerprint density at radius 1 is 1.21 bits per heavy atom. The molecule has 1 aliphatic heterocycles. The molecule has 3 aromatic rings. The molecule has 0 aliphatic carbocycles. The SMILES string of the molecule is CCCNC(=S)N(Cc1cnc[nH]1)c1ccc(N2CCN(C(=O)c3ccc(Cl)s3)CC2)cc1. The average molecular weight is 503 g/mol. The highest BCUT2D eigenvalue weighted by Gasteiger charge is 2.23. The molecule has 0 radical (unpaired) electrons. The van der Waals surface area contributed by atoms with Crippen molar-refractivity contribution < 1.29 is 4.79 Å². The highest BCUT2D eigenvalue weighted by Crippen LogP contribution is 2.26. The number of hydrogen-bond acceptors (Lipinski definition) is 5. The topological polar surface area (TPSA) is 67.5 Å². The van der Waals surface area contributed by atoms with Crippen LogP contribution < -0.4 is 15.1 Å². The molecule has 1 aromatic carbocycles. The summed E-state index contributed by atoms with van der Waals surface area (Å²) in [5, 5.41) is 4.01. The van der Waals surface area contributed by atoms with E-state index in [4.69, 9.17) is 23.8 Å². The molecule has 33 heavy (non-hydrogen) atoms. The number of amides is 1. The normalized spacial score (nSPS) is 13.8. The van der Waals surface area contributed by atoms with Crippen LogP contribution in [0.25, 0.3) is 0 Å². The molecule has 1 saturated heterocycles. The molecule has 2 aromatic heterocycles. The van der Waals surface area contributed by atoms with Crippen molar-refractivity contribution in [2.24, 2.45) is 0 Å². The lowest BCUT2D eigenvalue weighted by Crippen LogP contribution is -2.48. The molecule has 0 spiro atoms. The van der Waals surface area contributed by atoms with Crippen LogP contribution in [0.2, 0.25) is 4.34 Å². The largest absolute Gasteiger partial charge is 0.368 e. The smallest absolute Gasteiger partial charge is 0.264 e. The van der Waals surface area contributed by atoms with Gasteiger partial charge in [-0.25, -0.2) is 4.98 Å². The number of imidazole rings is 1. The molecular formula is C23H27ClN6OS2. The van der Waals surface area contributed by atoms with E-state index >= 15 is 0 Å². The van der Waals surface area contributed by atoms with E-state index in [-0.39, 0.29) is 5.91 Å². The van der Waals surface area contributed by atoms with E-state index in [0.29, 0.717) is 34.0 Å². The molecule has 174 valence electrons. The Morgan fingerprint density at radius 3 is 2.58 bits per heavy atom. The number of benzene rings is 1. The average Bonchev–Trinajstić information content (AvgIpc) is 3.52. The maximum atomic E-state index is 12.7. The number of aromatic amines is 1. The van der Waals surface area contributed by atoms with Crippen LogP contribution in [0, 0.1) is 0 Å². The number of carbonyl (C=O) groups excluding carboxylic acids is 1. The van der Waals surface area contributed by atoms with Gasteiger partial charge in [0.1, 0.15) is 0 Å². The maximum Gasteiger partial charge on any atom is 0.264 e. The number of nitrogens with zero attached hydrogens (tertiary/aromatic N) is 4. The van der Waals surface area contributed by atoms with Crippen LogP contribution in [0.4, 0.5) is 11.4 Å². The summed E-state index contributed by atoms with van der Waals surface area (Å²) in [7, 11) is 0. The van der Waals surface area contributed by atoms with Crippen molar-refractivity contribution in [3.8, 4) is 0 Å². The van der Waals surface area contributed by atoms with Crippen molar-refractivity contribution in [1.29, 1.82) is 0 Å². The molecule has 1 fully saturated rings. The summed E-state index contributed by atoms with van der Waals surface area (Å²) >= 11 is 13.0. The van der Waals surface area contributed by atoms with Gasteiger partial charge < -0.3 is 25.0 Å². The first-order valence-electron chi connectivity index (χ1n) is 11.0. The Hall–Kier alpha value is -2.62. The lowest BCUT2D eigenvalue weighted by molar-refractivity contribution is 0.0751. The van der Waals surface area contributed by atoms with Crippen molar-refractivity contribution in [1.82, 2.24) is 20.2 Å². The molecule has 1 aliphatic rings. The molecule has 2 N–H and O–H groups in total. The van der Waals surface area contributed by atoms with Gasteiger partial charge in [0.2, 0.25) is 0 Å². The van der Waals surface area contributed by atoms with E-state index in [0.717, 1.165) is 43.1 Å². The number of nitrogens with one attached hydrogen (secondary N) is 2. The summed E-state index contributed by atoms with van der Waals surface area (Å²) in [6.45, 7) is 6.52.